The lowest BCUT2D eigenvalue weighted by atomic mass is 10.0. The van der Waals surface area contributed by atoms with Gasteiger partial charge < -0.3 is 11.1 Å². The second-order valence-electron chi connectivity index (χ2n) is 5.30. The molecule has 0 aliphatic heterocycles. The Morgan fingerprint density at radius 2 is 2.05 bits per heavy atom. The van der Waals surface area contributed by atoms with Crippen LogP contribution in [-0.4, -0.2) is 22.9 Å². The van der Waals surface area contributed by atoms with Crippen LogP contribution in [0.2, 0.25) is 5.02 Å². The number of hydrogen-bond donors (Lipinski definition) is 2. The van der Waals surface area contributed by atoms with Crippen LogP contribution in [0.3, 0.4) is 0 Å². The third kappa shape index (κ3) is 3.92. The fourth-order valence-corrected chi connectivity index (χ4v) is 2.77. The van der Waals surface area contributed by atoms with Crippen molar-refractivity contribution in [2.75, 3.05) is 0 Å². The van der Waals surface area contributed by atoms with Crippen molar-refractivity contribution in [3.05, 3.63) is 38.9 Å². The summed E-state index contributed by atoms with van der Waals surface area (Å²) in [6, 6.07) is 3.63. The number of rotatable bonds is 3. The van der Waals surface area contributed by atoms with Crippen molar-refractivity contribution in [1.29, 1.82) is 0 Å². The first-order chi connectivity index (χ1) is 9.99. The summed E-state index contributed by atoms with van der Waals surface area (Å²) in [5, 5.41) is 13.8. The highest BCUT2D eigenvalue weighted by Crippen LogP contribution is 2.23. The van der Waals surface area contributed by atoms with Gasteiger partial charge in [-0.25, -0.2) is 0 Å². The minimum absolute atomic E-state index is 0.0890. The molecule has 2 atom stereocenters. The number of halogens is 1. The van der Waals surface area contributed by atoms with Gasteiger partial charge in [-0.1, -0.05) is 30.9 Å². The van der Waals surface area contributed by atoms with Crippen molar-refractivity contribution in [3.8, 4) is 0 Å². The molecule has 1 aromatic carbocycles. The van der Waals surface area contributed by atoms with E-state index in [4.69, 9.17) is 17.3 Å². The van der Waals surface area contributed by atoms with Gasteiger partial charge in [0.15, 0.2) is 0 Å². The van der Waals surface area contributed by atoms with Crippen molar-refractivity contribution in [3.63, 3.8) is 0 Å². The Kier molecular flexibility index (Phi) is 5.14. The highest BCUT2D eigenvalue weighted by Gasteiger charge is 2.24. The fraction of sp³-hybridized carbons (Fsp3) is 0.500. The van der Waals surface area contributed by atoms with Gasteiger partial charge in [-0.05, 0) is 18.9 Å². The summed E-state index contributed by atoms with van der Waals surface area (Å²) in [5.74, 6) is -0.411. The van der Waals surface area contributed by atoms with Gasteiger partial charge in [0.1, 0.15) is 0 Å². The summed E-state index contributed by atoms with van der Waals surface area (Å²) >= 11 is 5.97. The maximum absolute atomic E-state index is 12.3. The van der Waals surface area contributed by atoms with Crippen molar-refractivity contribution in [2.45, 2.75) is 44.2 Å². The van der Waals surface area contributed by atoms with E-state index < -0.39 is 10.8 Å². The average Bonchev–Trinajstić information content (AvgIpc) is 2.64. The van der Waals surface area contributed by atoms with E-state index in [1.807, 2.05) is 0 Å². The Balaban J connectivity index is 2.15. The molecular formula is C14H18ClN3O3. The Morgan fingerprint density at radius 1 is 1.33 bits per heavy atom. The number of carbonyl (C=O) groups excluding carboxylic acids is 1. The van der Waals surface area contributed by atoms with Crippen LogP contribution in [0.25, 0.3) is 0 Å². The zero-order valence-electron chi connectivity index (χ0n) is 11.5. The molecule has 21 heavy (non-hydrogen) atoms. The monoisotopic (exact) mass is 311 g/mol. The number of non-ortho nitro benzene ring substituents is 1. The molecule has 1 aromatic rings. The number of benzene rings is 1. The first kappa shape index (κ1) is 15.7. The minimum Gasteiger partial charge on any atom is -0.348 e. The molecule has 0 bridgehead atoms. The molecule has 1 amide bonds. The number of amides is 1. The molecule has 0 spiro atoms. The van der Waals surface area contributed by atoms with Gasteiger partial charge in [0.05, 0.1) is 15.5 Å². The zero-order valence-corrected chi connectivity index (χ0v) is 12.3. The van der Waals surface area contributed by atoms with Gasteiger partial charge in [0, 0.05) is 24.2 Å². The van der Waals surface area contributed by atoms with Crippen molar-refractivity contribution < 1.29 is 9.72 Å². The Bertz CT molecular complexity index is 550. The highest BCUT2D eigenvalue weighted by molar-refractivity contribution is 6.33. The van der Waals surface area contributed by atoms with Gasteiger partial charge in [-0.2, -0.15) is 0 Å². The fourth-order valence-electron chi connectivity index (χ4n) is 2.56. The van der Waals surface area contributed by atoms with E-state index >= 15 is 0 Å². The maximum Gasteiger partial charge on any atom is 0.270 e. The number of nitro benzene ring substituents is 1. The van der Waals surface area contributed by atoms with Crippen LogP contribution in [0.4, 0.5) is 5.69 Å². The van der Waals surface area contributed by atoms with Gasteiger partial charge in [0.2, 0.25) is 0 Å². The van der Waals surface area contributed by atoms with E-state index in [-0.39, 0.29) is 28.4 Å². The van der Waals surface area contributed by atoms with Crippen LogP contribution < -0.4 is 11.1 Å². The summed E-state index contributed by atoms with van der Waals surface area (Å²) in [6.07, 6.45) is 4.87. The van der Waals surface area contributed by atoms with Crippen molar-refractivity contribution >= 4 is 23.2 Å². The van der Waals surface area contributed by atoms with Crippen molar-refractivity contribution in [2.24, 2.45) is 5.73 Å². The predicted octanol–water partition coefficient (Wildman–Crippen LogP) is 2.64. The molecule has 7 heteroatoms. The van der Waals surface area contributed by atoms with Crippen LogP contribution >= 0.6 is 11.6 Å². The SMILES string of the molecule is NC1CCCCCC1NC(=O)c1cc([N+](=O)[O-])ccc1Cl. The van der Waals surface area contributed by atoms with E-state index in [0.29, 0.717) is 0 Å². The molecule has 114 valence electrons. The van der Waals surface area contributed by atoms with Crippen molar-refractivity contribution in [1.82, 2.24) is 5.32 Å². The number of nitrogens with two attached hydrogens (primary N) is 1. The van der Waals surface area contributed by atoms with Crippen LogP contribution in [-0.2, 0) is 0 Å². The standard InChI is InChI=1S/C14H18ClN3O3/c15-11-7-6-9(18(20)21)8-10(11)14(19)17-13-5-3-1-2-4-12(13)16/h6-8,12-13H,1-5,16H2,(H,17,19). The van der Waals surface area contributed by atoms with Gasteiger partial charge in [0.25, 0.3) is 11.6 Å². The molecule has 0 heterocycles. The van der Waals surface area contributed by atoms with E-state index in [1.54, 1.807) is 0 Å². The normalized spacial score (nSPS) is 22.4. The van der Waals surface area contributed by atoms with E-state index in [1.165, 1.54) is 18.2 Å². The highest BCUT2D eigenvalue weighted by atomic mass is 35.5. The molecule has 1 aliphatic rings. The number of hydrogen-bond acceptors (Lipinski definition) is 4. The van der Waals surface area contributed by atoms with Crippen LogP contribution in [0.1, 0.15) is 42.5 Å². The number of nitro groups is 1. The summed E-state index contributed by atoms with van der Waals surface area (Å²) < 4.78 is 0. The second kappa shape index (κ2) is 6.87. The first-order valence-electron chi connectivity index (χ1n) is 6.99. The lowest BCUT2D eigenvalue weighted by Crippen LogP contribution is -2.47. The van der Waals surface area contributed by atoms with Gasteiger partial charge >= 0.3 is 0 Å². The minimum atomic E-state index is -0.551. The summed E-state index contributed by atoms with van der Waals surface area (Å²) in [5.41, 5.74) is 6.02. The van der Waals surface area contributed by atoms with E-state index in [2.05, 4.69) is 5.32 Å². The maximum atomic E-state index is 12.3. The summed E-state index contributed by atoms with van der Waals surface area (Å²) in [6.45, 7) is 0. The third-order valence-electron chi connectivity index (χ3n) is 3.79. The topological polar surface area (TPSA) is 98.3 Å². The zero-order chi connectivity index (χ0) is 15.4. The average molecular weight is 312 g/mol. The molecule has 0 radical (unpaired) electrons. The Hall–Kier alpha value is -1.66. The second-order valence-corrected chi connectivity index (χ2v) is 5.71. The summed E-state index contributed by atoms with van der Waals surface area (Å²) in [7, 11) is 0. The van der Waals surface area contributed by atoms with E-state index in [9.17, 15) is 14.9 Å². The molecule has 0 aromatic heterocycles. The molecule has 2 unspecified atom stereocenters. The Labute approximate surface area is 127 Å². The number of carbonyl (C=O) groups is 1. The third-order valence-corrected chi connectivity index (χ3v) is 4.12. The molecule has 3 N–H and O–H groups in total. The predicted molar refractivity (Wildman–Crippen MR) is 80.4 cm³/mol. The molecule has 1 aliphatic carbocycles. The quantitative estimate of drug-likeness (QED) is 0.509. The molecule has 1 fully saturated rings. The first-order valence-corrected chi connectivity index (χ1v) is 7.37. The summed E-state index contributed by atoms with van der Waals surface area (Å²) in [4.78, 5) is 22.5. The Morgan fingerprint density at radius 3 is 2.76 bits per heavy atom. The van der Waals surface area contributed by atoms with Gasteiger partial charge in [-0.3, -0.25) is 14.9 Å². The number of nitrogens with one attached hydrogen (secondary N) is 1. The largest absolute Gasteiger partial charge is 0.348 e. The van der Waals surface area contributed by atoms with Crippen LogP contribution in [0.5, 0.6) is 0 Å². The lowest BCUT2D eigenvalue weighted by molar-refractivity contribution is -0.384. The van der Waals surface area contributed by atoms with Crippen LogP contribution in [0.15, 0.2) is 18.2 Å². The van der Waals surface area contributed by atoms with Crippen LogP contribution in [0, 0.1) is 10.1 Å². The van der Waals surface area contributed by atoms with E-state index in [0.717, 1.165) is 32.1 Å². The molecule has 0 saturated heterocycles. The lowest BCUT2D eigenvalue weighted by Gasteiger charge is -2.22. The molecule has 6 nitrogen and oxygen atoms in total. The van der Waals surface area contributed by atoms with Gasteiger partial charge in [-0.15, -0.1) is 0 Å². The smallest absolute Gasteiger partial charge is 0.270 e. The number of nitrogens with zero attached hydrogens (tertiary/aromatic N) is 1. The molecule has 2 rings (SSSR count). The molecule has 1 saturated carbocycles. The molecular weight excluding hydrogens is 294 g/mol.